The second-order valence-electron chi connectivity index (χ2n) is 8.33. The summed E-state index contributed by atoms with van der Waals surface area (Å²) in [6, 6.07) is 4.44. The van der Waals surface area contributed by atoms with Crippen LogP contribution >= 0.6 is 0 Å². The van der Waals surface area contributed by atoms with Gasteiger partial charge in [0.1, 0.15) is 6.10 Å². The first kappa shape index (κ1) is 20.5. The average Bonchev–Trinajstić information content (AvgIpc) is 2.81. The quantitative estimate of drug-likeness (QED) is 0.593. The first-order chi connectivity index (χ1) is 13.2. The first-order valence-electron chi connectivity index (χ1n) is 9.83. The number of rotatable bonds is 4. The zero-order valence-electron chi connectivity index (χ0n) is 17.3. The molecule has 0 saturated heterocycles. The van der Waals surface area contributed by atoms with Crippen molar-refractivity contribution in [1.29, 1.82) is 0 Å². The molecular weight excluding hydrogens is 356 g/mol. The monoisotopic (exact) mass is 386 g/mol. The van der Waals surface area contributed by atoms with E-state index >= 15 is 0 Å². The van der Waals surface area contributed by atoms with Gasteiger partial charge in [-0.1, -0.05) is 31.1 Å². The molecule has 3 rings (SSSR count). The van der Waals surface area contributed by atoms with Gasteiger partial charge in [0.15, 0.2) is 11.5 Å². The number of carbonyl (C=O) groups is 1. The summed E-state index contributed by atoms with van der Waals surface area (Å²) >= 11 is 0. The van der Waals surface area contributed by atoms with Crippen molar-refractivity contribution in [3.05, 3.63) is 46.6 Å². The molecule has 3 atom stereocenters. The van der Waals surface area contributed by atoms with Crippen LogP contribution in [0.15, 0.2) is 41.0 Å². The Balaban J connectivity index is 1.89. The summed E-state index contributed by atoms with van der Waals surface area (Å²) in [6.07, 6.45) is 3.86. The number of hydrogen-bond acceptors (Lipinski definition) is 5. The molecule has 2 aliphatic rings. The predicted molar refractivity (Wildman–Crippen MR) is 107 cm³/mol. The summed E-state index contributed by atoms with van der Waals surface area (Å²) in [6.45, 7) is 8.11. The third-order valence-corrected chi connectivity index (χ3v) is 6.38. The molecular formula is C23H30O5. The van der Waals surface area contributed by atoms with Gasteiger partial charge in [-0.15, -0.1) is 0 Å². The van der Waals surface area contributed by atoms with Crippen LogP contribution in [-0.4, -0.2) is 35.0 Å². The Labute approximate surface area is 166 Å². The van der Waals surface area contributed by atoms with Gasteiger partial charge in [-0.05, 0) is 56.4 Å². The van der Waals surface area contributed by atoms with Gasteiger partial charge in [0.25, 0.3) is 0 Å². The van der Waals surface area contributed by atoms with E-state index in [9.17, 15) is 15.0 Å². The van der Waals surface area contributed by atoms with Gasteiger partial charge >= 0.3 is 5.97 Å². The highest BCUT2D eigenvalue weighted by Crippen LogP contribution is 2.49. The molecule has 0 bridgehead atoms. The van der Waals surface area contributed by atoms with E-state index in [2.05, 4.69) is 13.0 Å². The molecule has 5 heteroatoms. The van der Waals surface area contributed by atoms with E-state index in [4.69, 9.17) is 9.47 Å². The lowest BCUT2D eigenvalue weighted by molar-refractivity contribution is -0.00814. The maximum atomic E-state index is 12.8. The highest BCUT2D eigenvalue weighted by atomic mass is 16.5. The third-order valence-electron chi connectivity index (χ3n) is 6.38. The summed E-state index contributed by atoms with van der Waals surface area (Å²) in [5.74, 6) is -0.141. The number of carbonyl (C=O) groups excluding carboxylic acids is 1. The van der Waals surface area contributed by atoms with Gasteiger partial charge in [0, 0.05) is 12.3 Å². The van der Waals surface area contributed by atoms with Gasteiger partial charge in [-0.25, -0.2) is 4.79 Å². The molecule has 0 saturated carbocycles. The molecule has 0 radical (unpaired) electrons. The second kappa shape index (κ2) is 7.63. The zero-order chi connectivity index (χ0) is 20.6. The van der Waals surface area contributed by atoms with Crippen LogP contribution in [0.4, 0.5) is 0 Å². The number of hydrogen-bond donors (Lipinski definition) is 2. The molecule has 5 nitrogen and oxygen atoms in total. The van der Waals surface area contributed by atoms with Crippen molar-refractivity contribution in [3.8, 4) is 11.5 Å². The lowest BCUT2D eigenvalue weighted by Crippen LogP contribution is -2.36. The van der Waals surface area contributed by atoms with Crippen LogP contribution in [0.2, 0.25) is 0 Å². The van der Waals surface area contributed by atoms with Crippen molar-refractivity contribution in [1.82, 2.24) is 0 Å². The first-order valence-corrected chi connectivity index (χ1v) is 9.83. The van der Waals surface area contributed by atoms with Crippen LogP contribution in [0.5, 0.6) is 11.5 Å². The molecule has 2 N–H and O–H groups in total. The second-order valence-corrected chi connectivity index (χ2v) is 8.33. The number of allylic oxidation sites excluding steroid dienone is 1. The molecule has 28 heavy (non-hydrogen) atoms. The summed E-state index contributed by atoms with van der Waals surface area (Å²) < 4.78 is 11.0. The zero-order valence-corrected chi connectivity index (χ0v) is 17.3. The maximum Gasteiger partial charge on any atom is 0.338 e. The largest absolute Gasteiger partial charge is 0.504 e. The summed E-state index contributed by atoms with van der Waals surface area (Å²) in [5.41, 5.74) is 2.87. The number of esters is 1. The topological polar surface area (TPSA) is 76.0 Å². The van der Waals surface area contributed by atoms with Gasteiger partial charge in [0.2, 0.25) is 0 Å². The van der Waals surface area contributed by atoms with Crippen molar-refractivity contribution < 1.29 is 24.5 Å². The van der Waals surface area contributed by atoms with Gasteiger partial charge in [-0.3, -0.25) is 0 Å². The van der Waals surface area contributed by atoms with Crippen LogP contribution in [0.3, 0.4) is 0 Å². The molecule has 1 aromatic rings. The molecule has 3 unspecified atom stereocenters. The number of aliphatic hydroxyl groups is 1. The molecule has 0 aliphatic heterocycles. The normalized spacial score (nSPS) is 27.3. The minimum atomic E-state index is -0.856. The van der Waals surface area contributed by atoms with Crippen LogP contribution in [0, 0.1) is 11.8 Å². The fraction of sp³-hybridized carbons (Fsp3) is 0.522. The molecule has 2 aliphatic carbocycles. The number of aromatic hydroxyl groups is 1. The lowest BCUT2D eigenvalue weighted by atomic mass is 9.82. The van der Waals surface area contributed by atoms with Crippen LogP contribution in [-0.2, 0) is 4.74 Å². The average molecular weight is 386 g/mol. The Hall–Kier alpha value is -2.27. The van der Waals surface area contributed by atoms with E-state index in [1.165, 1.54) is 36.5 Å². The Morgan fingerprint density at radius 1 is 1.29 bits per heavy atom. The van der Waals surface area contributed by atoms with Crippen LogP contribution in [0.25, 0.3) is 0 Å². The number of fused-ring (bicyclic) bond motifs is 1. The lowest BCUT2D eigenvalue weighted by Gasteiger charge is -2.31. The molecule has 0 amide bonds. The standard InChI is InChI=1S/C23H30O5/c1-13(2)23(26)12-18-17(15(23)4)8-6-14(3)10-20(18)28-22(25)16-7-9-19(24)21(11-16)27-5/h6-7,9,11,13,18,20,24,26H,8,10,12H2,1-5H3. The fourth-order valence-electron chi connectivity index (χ4n) is 4.46. The van der Waals surface area contributed by atoms with Crippen molar-refractivity contribution in [3.63, 3.8) is 0 Å². The number of ether oxygens (including phenoxy) is 2. The molecule has 152 valence electrons. The Morgan fingerprint density at radius 3 is 2.64 bits per heavy atom. The summed E-state index contributed by atoms with van der Waals surface area (Å²) in [4.78, 5) is 12.8. The van der Waals surface area contributed by atoms with Crippen molar-refractivity contribution in [2.75, 3.05) is 7.11 Å². The summed E-state index contributed by atoms with van der Waals surface area (Å²) in [7, 11) is 1.44. The van der Waals surface area contributed by atoms with E-state index in [0.717, 1.165) is 12.0 Å². The molecule has 0 aromatic heterocycles. The highest BCUT2D eigenvalue weighted by Gasteiger charge is 2.48. The number of phenols is 1. The predicted octanol–water partition coefficient (Wildman–Crippen LogP) is 4.39. The third kappa shape index (κ3) is 3.55. The summed E-state index contributed by atoms with van der Waals surface area (Å²) in [5, 5.41) is 21.0. The van der Waals surface area contributed by atoms with E-state index < -0.39 is 11.6 Å². The minimum absolute atomic E-state index is 0.00376. The Kier molecular flexibility index (Phi) is 5.57. The molecule has 0 heterocycles. The minimum Gasteiger partial charge on any atom is -0.504 e. The maximum absolute atomic E-state index is 12.8. The molecule has 0 spiro atoms. The SMILES string of the molecule is COc1cc(C(=O)OC2CC(C)=CCC3=C(C)C(O)(C(C)C)CC32)ccc1O. The fourth-order valence-corrected chi connectivity index (χ4v) is 4.46. The van der Waals surface area contributed by atoms with Crippen molar-refractivity contribution in [2.24, 2.45) is 11.8 Å². The van der Waals surface area contributed by atoms with Crippen molar-refractivity contribution in [2.45, 2.75) is 58.7 Å². The number of benzene rings is 1. The smallest absolute Gasteiger partial charge is 0.338 e. The van der Waals surface area contributed by atoms with E-state index in [0.29, 0.717) is 18.4 Å². The Morgan fingerprint density at radius 2 is 2.00 bits per heavy atom. The van der Waals surface area contributed by atoms with Gasteiger partial charge in [0.05, 0.1) is 18.3 Å². The number of phenolic OH excluding ortho intramolecular Hbond substituents is 1. The van der Waals surface area contributed by atoms with Gasteiger partial charge < -0.3 is 19.7 Å². The highest BCUT2D eigenvalue weighted by molar-refractivity contribution is 5.90. The van der Waals surface area contributed by atoms with Crippen molar-refractivity contribution >= 4 is 5.97 Å². The van der Waals surface area contributed by atoms with E-state index in [1.807, 2.05) is 20.8 Å². The number of methoxy groups -OCH3 is 1. The van der Waals surface area contributed by atoms with E-state index in [-0.39, 0.29) is 29.4 Å². The molecule has 0 fully saturated rings. The molecule has 1 aromatic carbocycles. The van der Waals surface area contributed by atoms with E-state index in [1.54, 1.807) is 0 Å². The van der Waals surface area contributed by atoms with Gasteiger partial charge in [-0.2, -0.15) is 0 Å². The van der Waals surface area contributed by atoms with Crippen LogP contribution < -0.4 is 4.74 Å². The Bertz CT molecular complexity index is 835. The van der Waals surface area contributed by atoms with Crippen LogP contribution in [0.1, 0.15) is 57.3 Å².